The fourth-order valence-electron chi connectivity index (χ4n) is 4.54. The van der Waals surface area contributed by atoms with E-state index in [2.05, 4.69) is 19.0 Å². The largest absolute Gasteiger partial charge is 0.526 e. The molecule has 0 aromatic heterocycles. The molecule has 0 aromatic carbocycles. The first kappa shape index (κ1) is 17.2. The van der Waals surface area contributed by atoms with E-state index in [1.807, 2.05) is 0 Å². The van der Waals surface area contributed by atoms with Gasteiger partial charge < -0.3 is 5.98 Å². The molecule has 0 saturated heterocycles. The molecule has 0 heterocycles. The third-order valence-corrected chi connectivity index (χ3v) is 5.83. The molecule has 120 valence electrons. The Bertz CT molecular complexity index is 254. The Morgan fingerprint density at radius 2 is 1.38 bits per heavy atom. The van der Waals surface area contributed by atoms with E-state index in [1.165, 1.54) is 96.3 Å². The third kappa shape index (κ3) is 6.21. The highest BCUT2D eigenvalue weighted by Crippen LogP contribution is 2.41. The summed E-state index contributed by atoms with van der Waals surface area (Å²) in [6.07, 6.45) is 24.1. The quantitative estimate of drug-likeness (QED) is 0.255. The summed E-state index contributed by atoms with van der Waals surface area (Å²) in [5.41, 5.74) is 0. The summed E-state index contributed by atoms with van der Waals surface area (Å²) in [4.78, 5) is 0. The Kier molecular flexibility index (Phi) is 8.60. The molecule has 0 amide bonds. The van der Waals surface area contributed by atoms with Crippen LogP contribution in [0.3, 0.4) is 0 Å². The van der Waals surface area contributed by atoms with Crippen LogP contribution < -0.4 is 0 Å². The van der Waals surface area contributed by atoms with Crippen molar-refractivity contribution in [1.29, 1.82) is 0 Å². The minimum absolute atomic E-state index is 0.803. The predicted molar refractivity (Wildman–Crippen MR) is 96.0 cm³/mol. The Labute approximate surface area is 134 Å². The summed E-state index contributed by atoms with van der Waals surface area (Å²) < 4.78 is 0. The van der Waals surface area contributed by atoms with E-state index in [0.29, 0.717) is 0 Å². The molecule has 0 atom stereocenters. The lowest BCUT2D eigenvalue weighted by atomic mass is 9.30. The molecule has 2 aliphatic rings. The molecule has 2 fully saturated rings. The summed E-state index contributed by atoms with van der Waals surface area (Å²) in [6, 6.07) is 0. The van der Waals surface area contributed by atoms with Gasteiger partial charge >= 0.3 is 0 Å². The van der Waals surface area contributed by atoms with E-state index in [9.17, 15) is 0 Å². The van der Waals surface area contributed by atoms with Gasteiger partial charge in [-0.1, -0.05) is 115 Å². The van der Waals surface area contributed by atoms with E-state index < -0.39 is 0 Å². The van der Waals surface area contributed by atoms with Crippen molar-refractivity contribution in [2.24, 2.45) is 0 Å². The van der Waals surface area contributed by atoms with E-state index in [1.54, 1.807) is 0 Å². The van der Waals surface area contributed by atoms with Crippen LogP contribution >= 0.6 is 0 Å². The van der Waals surface area contributed by atoms with Gasteiger partial charge in [-0.25, -0.2) is 0 Å². The summed E-state index contributed by atoms with van der Waals surface area (Å²) in [5, 5.41) is 0. The lowest BCUT2D eigenvalue weighted by molar-refractivity contribution is 0.464. The number of unbranched alkanes of at least 4 members (excludes halogenated alkanes) is 4. The van der Waals surface area contributed by atoms with Gasteiger partial charge in [0.2, 0.25) is 0 Å². The van der Waals surface area contributed by atoms with Gasteiger partial charge in [-0.15, -0.1) is 0 Å². The monoisotopic (exact) mass is 287 g/mol. The molecule has 0 bridgehead atoms. The van der Waals surface area contributed by atoms with Gasteiger partial charge in [-0.3, -0.25) is 6.08 Å². The van der Waals surface area contributed by atoms with Crippen LogP contribution in [-0.4, -0.2) is 6.71 Å². The molecule has 1 heteroatoms. The third-order valence-electron chi connectivity index (χ3n) is 5.83. The molecule has 0 nitrogen and oxygen atoms in total. The summed E-state index contributed by atoms with van der Waals surface area (Å²) in [7, 11) is 0. The Morgan fingerprint density at radius 3 is 1.90 bits per heavy atom. The molecular formula is C20H36B-. The van der Waals surface area contributed by atoms with Crippen molar-refractivity contribution < 1.29 is 0 Å². The topological polar surface area (TPSA) is 0 Å². The molecule has 0 unspecified atom stereocenters. The van der Waals surface area contributed by atoms with Gasteiger partial charge in [-0.05, 0) is 6.71 Å². The molecule has 0 N–H and O–H groups in total. The van der Waals surface area contributed by atoms with Crippen LogP contribution in [0.1, 0.15) is 103 Å². The van der Waals surface area contributed by atoms with Crippen LogP contribution in [-0.2, 0) is 0 Å². The summed E-state index contributed by atoms with van der Waals surface area (Å²) >= 11 is 0. The standard InChI is InChI=1S/C20H36B/c1-2-3-4-5-6-13-18-21(19-14-9-7-10-15-19)20-16-11-8-12-17-20/h13,19-20H,2-12,14-17H2,1H3/q-1. The zero-order chi connectivity index (χ0) is 14.8. The predicted octanol–water partition coefficient (Wildman–Crippen LogP) is 7.02. The lowest BCUT2D eigenvalue weighted by Crippen LogP contribution is -2.29. The molecule has 2 rings (SSSR count). The van der Waals surface area contributed by atoms with E-state index in [-0.39, 0.29) is 0 Å². The average molecular weight is 287 g/mol. The van der Waals surface area contributed by atoms with Gasteiger partial charge in [-0.2, -0.15) is 0 Å². The molecular weight excluding hydrogens is 251 g/mol. The van der Waals surface area contributed by atoms with Gasteiger partial charge in [0.1, 0.15) is 0 Å². The molecule has 0 aliphatic heterocycles. The maximum Gasteiger partial charge on any atom is -0.0257 e. The van der Waals surface area contributed by atoms with Crippen LogP contribution in [0.2, 0.25) is 11.6 Å². The van der Waals surface area contributed by atoms with Gasteiger partial charge in [0.05, 0.1) is 0 Å². The number of hydrogen-bond acceptors (Lipinski definition) is 0. The number of hydrogen-bond donors (Lipinski definition) is 0. The highest BCUT2D eigenvalue weighted by molar-refractivity contribution is 6.65. The van der Waals surface area contributed by atoms with Crippen LogP contribution in [0, 0.1) is 5.98 Å². The SMILES string of the molecule is CCCCCCC=[C-]B(C1CCCCC1)C1CCCCC1. The first-order chi connectivity index (χ1) is 10.4. The molecule has 0 spiro atoms. The van der Waals surface area contributed by atoms with Crippen molar-refractivity contribution >= 4 is 6.71 Å². The van der Waals surface area contributed by atoms with Crippen molar-refractivity contribution in [3.8, 4) is 0 Å². The summed E-state index contributed by atoms with van der Waals surface area (Å²) in [5.74, 6) is 5.84. The maximum atomic E-state index is 3.91. The van der Waals surface area contributed by atoms with Crippen LogP contribution in [0.5, 0.6) is 0 Å². The zero-order valence-corrected chi connectivity index (χ0v) is 14.4. The second-order valence-corrected chi connectivity index (χ2v) is 7.54. The first-order valence-corrected chi connectivity index (χ1v) is 9.99. The zero-order valence-electron chi connectivity index (χ0n) is 14.4. The van der Waals surface area contributed by atoms with Crippen LogP contribution in [0.25, 0.3) is 0 Å². The van der Waals surface area contributed by atoms with Gasteiger partial charge in [0.25, 0.3) is 0 Å². The fraction of sp³-hybridized carbons (Fsp3) is 0.900. The van der Waals surface area contributed by atoms with Crippen molar-refractivity contribution in [3.63, 3.8) is 0 Å². The summed E-state index contributed by atoms with van der Waals surface area (Å²) in [6.45, 7) is 3.10. The molecule has 2 saturated carbocycles. The second-order valence-electron chi connectivity index (χ2n) is 7.54. The van der Waals surface area contributed by atoms with Crippen LogP contribution in [0.4, 0.5) is 0 Å². The van der Waals surface area contributed by atoms with Crippen molar-refractivity contribution in [2.45, 2.75) is 115 Å². The Hall–Kier alpha value is -0.195. The Morgan fingerprint density at radius 1 is 0.810 bits per heavy atom. The average Bonchev–Trinajstić information content (AvgIpc) is 2.56. The Balaban J connectivity index is 1.83. The number of rotatable bonds is 8. The highest BCUT2D eigenvalue weighted by atomic mass is 14.2. The number of allylic oxidation sites excluding steroid dienone is 1. The highest BCUT2D eigenvalue weighted by Gasteiger charge is 2.25. The normalized spacial score (nSPS) is 22.0. The van der Waals surface area contributed by atoms with Crippen molar-refractivity contribution in [3.05, 3.63) is 12.1 Å². The molecule has 0 radical (unpaired) electrons. The molecule has 21 heavy (non-hydrogen) atoms. The minimum Gasteiger partial charge on any atom is -0.526 e. The van der Waals surface area contributed by atoms with Gasteiger partial charge in [0, 0.05) is 0 Å². The lowest BCUT2D eigenvalue weighted by Gasteiger charge is -2.41. The van der Waals surface area contributed by atoms with E-state index in [0.717, 1.165) is 18.3 Å². The fourth-order valence-corrected chi connectivity index (χ4v) is 4.54. The molecule has 0 aromatic rings. The van der Waals surface area contributed by atoms with Crippen LogP contribution in [0.15, 0.2) is 6.08 Å². The van der Waals surface area contributed by atoms with Crippen molar-refractivity contribution in [2.75, 3.05) is 0 Å². The van der Waals surface area contributed by atoms with Gasteiger partial charge in [0.15, 0.2) is 0 Å². The maximum absolute atomic E-state index is 3.91. The smallest absolute Gasteiger partial charge is 0.0257 e. The first-order valence-electron chi connectivity index (χ1n) is 9.99. The molecule has 2 aliphatic carbocycles. The van der Waals surface area contributed by atoms with E-state index >= 15 is 0 Å². The minimum atomic E-state index is 0.803. The second kappa shape index (κ2) is 10.5. The van der Waals surface area contributed by atoms with Crippen molar-refractivity contribution in [1.82, 2.24) is 0 Å². The van der Waals surface area contributed by atoms with E-state index in [4.69, 9.17) is 0 Å².